The molecular weight excluding hydrogens is 436 g/mol. The summed E-state index contributed by atoms with van der Waals surface area (Å²) in [5, 5.41) is 0. The number of rotatable bonds is 3. The highest BCUT2D eigenvalue weighted by Gasteiger charge is 2.40. The molecule has 0 aromatic heterocycles. The Bertz CT molecular complexity index is 1260. The molecule has 0 N–H and O–H groups in total. The predicted molar refractivity (Wildman–Crippen MR) is 124 cm³/mol. The van der Waals surface area contributed by atoms with Gasteiger partial charge < -0.3 is 9.47 Å². The molecule has 2 atom stereocenters. The van der Waals surface area contributed by atoms with E-state index in [0.717, 1.165) is 11.6 Å². The van der Waals surface area contributed by atoms with Crippen molar-refractivity contribution in [3.05, 3.63) is 101 Å². The molecule has 3 aliphatic rings. The molecule has 6 rings (SSSR count). The summed E-state index contributed by atoms with van der Waals surface area (Å²) in [6.07, 6.45) is 2.02. The zero-order valence-corrected chi connectivity index (χ0v) is 18.4. The Labute approximate surface area is 196 Å². The number of fused-ring (bicyclic) bond motifs is 5. The second-order valence-corrected chi connectivity index (χ2v) is 8.99. The monoisotopic (exact) mass is 459 g/mol. The lowest BCUT2D eigenvalue weighted by atomic mass is 9.90. The molecule has 2 heterocycles. The van der Waals surface area contributed by atoms with Gasteiger partial charge in [0.25, 0.3) is 0 Å². The third-order valence-corrected chi connectivity index (χ3v) is 7.04. The largest absolute Gasteiger partial charge is 0.448 e. The van der Waals surface area contributed by atoms with Crippen LogP contribution in [-0.2, 0) is 9.47 Å². The minimum absolute atomic E-state index is 0.00877. The van der Waals surface area contributed by atoms with E-state index in [9.17, 15) is 13.6 Å². The first-order valence-electron chi connectivity index (χ1n) is 11.5. The molecule has 172 valence electrons. The number of hydrogen-bond donors (Lipinski definition) is 0. The molecule has 6 heteroatoms. The molecule has 1 fully saturated rings. The summed E-state index contributed by atoms with van der Waals surface area (Å²) in [7, 11) is 0. The quantitative estimate of drug-likeness (QED) is 0.499. The van der Waals surface area contributed by atoms with Crippen LogP contribution < -0.4 is 0 Å². The van der Waals surface area contributed by atoms with Crippen LogP contribution in [0.25, 0.3) is 16.7 Å². The van der Waals surface area contributed by atoms with Crippen LogP contribution in [0.3, 0.4) is 0 Å². The van der Waals surface area contributed by atoms with Crippen LogP contribution in [0, 0.1) is 11.6 Å². The molecule has 2 aliphatic heterocycles. The standard InChI is InChI=1S/C28H23F2NO3/c29-26-10-9-17(13-27(26)30)18-11-19-14-33-15-20(12-18)31(19)28(32)34-16-25-23-7-3-1-5-21(23)22-6-2-4-8-24(22)25/h1-11,13,19-20,25H,12,14-16H2. The Morgan fingerprint density at radius 3 is 2.32 bits per heavy atom. The van der Waals surface area contributed by atoms with Gasteiger partial charge in [0.15, 0.2) is 11.6 Å². The van der Waals surface area contributed by atoms with Gasteiger partial charge in [0.05, 0.1) is 25.3 Å². The Balaban J connectivity index is 1.22. The SMILES string of the molecule is O=C(OCC1c2ccccc2-c2ccccc21)N1C2C=C(c3ccc(F)c(F)c3)CC1COC2. The van der Waals surface area contributed by atoms with E-state index in [2.05, 4.69) is 24.3 Å². The second kappa shape index (κ2) is 8.37. The fraction of sp³-hybridized carbons (Fsp3) is 0.250. The van der Waals surface area contributed by atoms with Gasteiger partial charge in [-0.25, -0.2) is 13.6 Å². The first-order valence-corrected chi connectivity index (χ1v) is 11.5. The number of halogens is 2. The van der Waals surface area contributed by atoms with E-state index in [0.29, 0.717) is 25.2 Å². The molecule has 2 bridgehead atoms. The highest BCUT2D eigenvalue weighted by Crippen LogP contribution is 2.44. The van der Waals surface area contributed by atoms with E-state index in [4.69, 9.17) is 9.47 Å². The number of carbonyl (C=O) groups excluding carboxylic acids is 1. The molecule has 0 radical (unpaired) electrons. The van der Waals surface area contributed by atoms with Gasteiger partial charge in [-0.2, -0.15) is 0 Å². The maximum Gasteiger partial charge on any atom is 0.410 e. The molecule has 3 aromatic rings. The summed E-state index contributed by atoms with van der Waals surface area (Å²) >= 11 is 0. The average molecular weight is 459 g/mol. The van der Waals surface area contributed by atoms with Crippen LogP contribution in [-0.4, -0.2) is 42.9 Å². The van der Waals surface area contributed by atoms with Crippen LogP contribution >= 0.6 is 0 Å². The smallest absolute Gasteiger partial charge is 0.410 e. The van der Waals surface area contributed by atoms with Crippen molar-refractivity contribution >= 4 is 11.7 Å². The van der Waals surface area contributed by atoms with E-state index in [-0.39, 0.29) is 30.7 Å². The summed E-state index contributed by atoms with van der Waals surface area (Å²) in [4.78, 5) is 15.0. The Kier molecular flexibility index (Phi) is 5.18. The van der Waals surface area contributed by atoms with Gasteiger partial charge in [0.2, 0.25) is 0 Å². The number of hydrogen-bond acceptors (Lipinski definition) is 3. The number of nitrogens with zero attached hydrogens (tertiary/aromatic N) is 1. The van der Waals surface area contributed by atoms with Gasteiger partial charge in [-0.05, 0) is 51.9 Å². The third-order valence-electron chi connectivity index (χ3n) is 7.04. The molecular formula is C28H23F2NO3. The van der Waals surface area contributed by atoms with Crippen molar-refractivity contribution in [3.8, 4) is 11.1 Å². The van der Waals surface area contributed by atoms with E-state index in [1.165, 1.54) is 28.3 Å². The predicted octanol–water partition coefficient (Wildman–Crippen LogP) is 5.77. The van der Waals surface area contributed by atoms with E-state index in [1.54, 1.807) is 11.0 Å². The van der Waals surface area contributed by atoms with E-state index >= 15 is 0 Å². The fourth-order valence-electron chi connectivity index (χ4n) is 5.46. The van der Waals surface area contributed by atoms with Crippen molar-refractivity contribution in [2.75, 3.05) is 19.8 Å². The molecule has 34 heavy (non-hydrogen) atoms. The molecule has 1 amide bonds. The zero-order chi connectivity index (χ0) is 23.2. The summed E-state index contributed by atoms with van der Waals surface area (Å²) < 4.78 is 38.7. The summed E-state index contributed by atoms with van der Waals surface area (Å²) in [6.45, 7) is 0.971. The van der Waals surface area contributed by atoms with Gasteiger partial charge >= 0.3 is 6.09 Å². The molecule has 4 nitrogen and oxygen atoms in total. The number of ether oxygens (including phenoxy) is 2. The Hall–Kier alpha value is -3.51. The lowest BCUT2D eigenvalue weighted by Gasteiger charge is -2.44. The van der Waals surface area contributed by atoms with Gasteiger partial charge in [0, 0.05) is 5.92 Å². The molecule has 0 spiro atoms. The van der Waals surface area contributed by atoms with Crippen molar-refractivity contribution in [3.63, 3.8) is 0 Å². The fourth-order valence-corrected chi connectivity index (χ4v) is 5.46. The van der Waals surface area contributed by atoms with Crippen molar-refractivity contribution in [2.45, 2.75) is 24.4 Å². The first kappa shape index (κ1) is 21.1. The van der Waals surface area contributed by atoms with E-state index in [1.807, 2.05) is 30.3 Å². The van der Waals surface area contributed by atoms with Crippen molar-refractivity contribution in [1.82, 2.24) is 4.90 Å². The Morgan fingerprint density at radius 2 is 1.65 bits per heavy atom. The first-order chi connectivity index (χ1) is 16.6. The highest BCUT2D eigenvalue weighted by molar-refractivity contribution is 5.79. The number of carbonyl (C=O) groups is 1. The van der Waals surface area contributed by atoms with Gasteiger partial charge in [0.1, 0.15) is 6.61 Å². The molecule has 1 aliphatic carbocycles. The topological polar surface area (TPSA) is 38.8 Å². The maximum absolute atomic E-state index is 13.8. The van der Waals surface area contributed by atoms with Crippen LogP contribution in [0.2, 0.25) is 0 Å². The maximum atomic E-state index is 13.8. The van der Waals surface area contributed by atoms with Crippen molar-refractivity contribution < 1.29 is 23.0 Å². The summed E-state index contributed by atoms with van der Waals surface area (Å²) in [5.41, 5.74) is 6.21. The molecule has 1 saturated heterocycles. The van der Waals surface area contributed by atoms with Gasteiger partial charge in [-0.1, -0.05) is 60.7 Å². The minimum atomic E-state index is -0.876. The highest BCUT2D eigenvalue weighted by atomic mass is 19.2. The lowest BCUT2D eigenvalue weighted by Crippen LogP contribution is -2.56. The van der Waals surface area contributed by atoms with Crippen molar-refractivity contribution in [1.29, 1.82) is 0 Å². The summed E-state index contributed by atoms with van der Waals surface area (Å²) in [5.74, 6) is -1.76. The van der Waals surface area contributed by atoms with Crippen LogP contribution in [0.1, 0.15) is 29.0 Å². The van der Waals surface area contributed by atoms with Gasteiger partial charge in [-0.3, -0.25) is 4.90 Å². The van der Waals surface area contributed by atoms with Crippen LogP contribution in [0.15, 0.2) is 72.8 Å². The number of amides is 1. The number of morpholine rings is 1. The van der Waals surface area contributed by atoms with Crippen molar-refractivity contribution in [2.24, 2.45) is 0 Å². The molecule has 2 unspecified atom stereocenters. The van der Waals surface area contributed by atoms with Gasteiger partial charge in [-0.15, -0.1) is 0 Å². The zero-order valence-electron chi connectivity index (χ0n) is 18.4. The Morgan fingerprint density at radius 1 is 0.941 bits per heavy atom. The van der Waals surface area contributed by atoms with Crippen LogP contribution in [0.5, 0.6) is 0 Å². The molecule has 3 aromatic carbocycles. The third kappa shape index (κ3) is 3.49. The average Bonchev–Trinajstić information content (AvgIpc) is 3.17. The second-order valence-electron chi connectivity index (χ2n) is 8.99. The minimum Gasteiger partial charge on any atom is -0.448 e. The number of benzene rings is 3. The molecule has 0 saturated carbocycles. The normalized spacial score (nSPS) is 21.0. The lowest BCUT2D eigenvalue weighted by molar-refractivity contribution is -0.0331. The van der Waals surface area contributed by atoms with Crippen LogP contribution in [0.4, 0.5) is 13.6 Å². The van der Waals surface area contributed by atoms with E-state index < -0.39 is 11.6 Å². The summed E-state index contributed by atoms with van der Waals surface area (Å²) in [6, 6.07) is 19.8.